The first-order valence-electron chi connectivity index (χ1n) is 10.0. The van der Waals surface area contributed by atoms with Gasteiger partial charge in [-0.05, 0) is 48.6 Å². The molecule has 7 heteroatoms. The number of anilines is 2. The molecule has 2 heterocycles. The van der Waals surface area contributed by atoms with Gasteiger partial charge in [0.15, 0.2) is 0 Å². The van der Waals surface area contributed by atoms with Crippen molar-refractivity contribution in [1.82, 2.24) is 14.8 Å². The molecule has 2 aromatic heterocycles. The minimum Gasteiger partial charge on any atom is -0.357 e. The molecule has 0 unspecified atom stereocenters. The van der Waals surface area contributed by atoms with E-state index >= 15 is 0 Å². The summed E-state index contributed by atoms with van der Waals surface area (Å²) in [5.74, 6) is -3.13. The van der Waals surface area contributed by atoms with E-state index in [0.717, 1.165) is 22.4 Å². The summed E-state index contributed by atoms with van der Waals surface area (Å²) in [6.45, 7) is 0. The van der Waals surface area contributed by atoms with Crippen molar-refractivity contribution in [2.24, 2.45) is 0 Å². The van der Waals surface area contributed by atoms with Crippen LogP contribution in [0.1, 0.15) is 37.2 Å². The van der Waals surface area contributed by atoms with Crippen LogP contribution in [0.5, 0.6) is 0 Å². The number of alkyl halides is 2. The van der Waals surface area contributed by atoms with Crippen LogP contribution in [0.2, 0.25) is 0 Å². The van der Waals surface area contributed by atoms with Gasteiger partial charge in [0.1, 0.15) is 11.3 Å². The molecule has 0 spiro atoms. The molecule has 0 saturated heterocycles. The zero-order valence-electron chi connectivity index (χ0n) is 16.2. The van der Waals surface area contributed by atoms with Crippen LogP contribution in [-0.2, 0) is 0 Å². The van der Waals surface area contributed by atoms with Gasteiger partial charge in [-0.3, -0.25) is 0 Å². The van der Waals surface area contributed by atoms with E-state index < -0.39 is 5.92 Å². The Morgan fingerprint density at radius 2 is 1.83 bits per heavy atom. The lowest BCUT2D eigenvalue weighted by Crippen LogP contribution is -2.24. The van der Waals surface area contributed by atoms with Gasteiger partial charge in [-0.15, -0.1) is 0 Å². The van der Waals surface area contributed by atoms with Crippen LogP contribution in [0.3, 0.4) is 0 Å². The van der Waals surface area contributed by atoms with Crippen LogP contribution in [0, 0.1) is 5.82 Å². The molecule has 4 nitrogen and oxygen atoms in total. The van der Waals surface area contributed by atoms with Crippen molar-refractivity contribution in [3.63, 3.8) is 0 Å². The van der Waals surface area contributed by atoms with Crippen molar-refractivity contribution in [2.45, 2.75) is 37.5 Å². The molecule has 1 fully saturated rings. The third-order valence-corrected chi connectivity index (χ3v) is 5.80. The van der Waals surface area contributed by atoms with Gasteiger partial charge in [0.05, 0.1) is 23.1 Å². The lowest BCUT2D eigenvalue weighted by molar-refractivity contribution is -0.0384. The zero-order valence-corrected chi connectivity index (χ0v) is 16.2. The molecule has 0 radical (unpaired) electrons. The third-order valence-electron chi connectivity index (χ3n) is 5.80. The van der Waals surface area contributed by atoms with Crippen LogP contribution in [0.15, 0.2) is 60.9 Å². The monoisotopic (exact) mass is 410 g/mol. The Kier molecular flexibility index (Phi) is 4.53. The third kappa shape index (κ3) is 3.56. The molecular weight excluding hydrogens is 389 g/mol. The highest BCUT2D eigenvalue weighted by Gasteiger charge is 2.36. The summed E-state index contributed by atoms with van der Waals surface area (Å²) < 4.78 is 43.3. The van der Waals surface area contributed by atoms with Crippen LogP contribution in [0.25, 0.3) is 16.7 Å². The maximum Gasteiger partial charge on any atom is 0.248 e. The highest BCUT2D eigenvalue weighted by molar-refractivity contribution is 5.90. The summed E-state index contributed by atoms with van der Waals surface area (Å²) in [6, 6.07) is 14.7. The van der Waals surface area contributed by atoms with Crippen molar-refractivity contribution in [1.29, 1.82) is 0 Å². The second kappa shape index (κ2) is 7.23. The fourth-order valence-corrected chi connectivity index (χ4v) is 4.15. The SMILES string of the molecule is Fc1cc(Nc2c[nH]c3cn(-c4ccccc4)nc23)ccc1C1CCC(F)(F)CC1. The summed E-state index contributed by atoms with van der Waals surface area (Å²) in [5, 5.41) is 7.83. The van der Waals surface area contributed by atoms with Crippen molar-refractivity contribution in [3.8, 4) is 5.69 Å². The Bertz CT molecular complexity index is 1170. The average Bonchev–Trinajstić information content (AvgIpc) is 3.31. The van der Waals surface area contributed by atoms with E-state index in [4.69, 9.17) is 0 Å². The molecule has 4 aromatic rings. The normalized spacial score (nSPS) is 16.8. The number of rotatable bonds is 4. The van der Waals surface area contributed by atoms with Gasteiger partial charge in [-0.25, -0.2) is 17.9 Å². The number of benzene rings is 2. The number of aromatic amines is 1. The number of hydrogen-bond acceptors (Lipinski definition) is 2. The molecule has 2 aromatic carbocycles. The Morgan fingerprint density at radius 1 is 1.07 bits per heavy atom. The minimum absolute atomic E-state index is 0.154. The largest absolute Gasteiger partial charge is 0.357 e. The number of aromatic nitrogens is 3. The quantitative estimate of drug-likeness (QED) is 0.402. The average molecular weight is 410 g/mol. The summed E-state index contributed by atoms with van der Waals surface area (Å²) in [7, 11) is 0. The summed E-state index contributed by atoms with van der Waals surface area (Å²) in [6.07, 6.45) is 3.96. The van der Waals surface area contributed by atoms with Crippen molar-refractivity contribution in [2.75, 3.05) is 5.32 Å². The standard InChI is InChI=1S/C23H21F3N4/c24-19-12-16(6-7-18(19)15-8-10-23(25,26)11-9-15)28-20-13-27-21-14-30(29-22(20)21)17-4-2-1-3-5-17/h1-7,12-15,27-28H,8-11H2. The van der Waals surface area contributed by atoms with Gasteiger partial charge in [0.25, 0.3) is 0 Å². The molecule has 1 aliphatic rings. The van der Waals surface area contributed by atoms with E-state index in [1.807, 2.05) is 36.5 Å². The summed E-state index contributed by atoms with van der Waals surface area (Å²) in [5.41, 5.74) is 4.40. The Balaban J connectivity index is 1.36. The molecule has 2 N–H and O–H groups in total. The molecule has 0 aliphatic heterocycles. The summed E-state index contributed by atoms with van der Waals surface area (Å²) in [4.78, 5) is 3.17. The summed E-state index contributed by atoms with van der Waals surface area (Å²) >= 11 is 0. The van der Waals surface area contributed by atoms with E-state index in [-0.39, 0.29) is 24.6 Å². The zero-order chi connectivity index (χ0) is 20.7. The van der Waals surface area contributed by atoms with Crippen LogP contribution in [-0.4, -0.2) is 20.7 Å². The minimum atomic E-state index is -2.61. The van der Waals surface area contributed by atoms with Crippen molar-refractivity contribution < 1.29 is 13.2 Å². The predicted molar refractivity (Wildman–Crippen MR) is 111 cm³/mol. The number of fused-ring (bicyclic) bond motifs is 1. The fraction of sp³-hybridized carbons (Fsp3) is 0.261. The first kappa shape index (κ1) is 18.8. The van der Waals surface area contributed by atoms with Gasteiger partial charge >= 0.3 is 0 Å². The van der Waals surface area contributed by atoms with Crippen LogP contribution in [0.4, 0.5) is 24.5 Å². The molecule has 0 amide bonds. The molecule has 5 rings (SSSR count). The van der Waals surface area contributed by atoms with E-state index in [2.05, 4.69) is 15.4 Å². The number of nitrogens with zero attached hydrogens (tertiary/aromatic N) is 2. The smallest absolute Gasteiger partial charge is 0.248 e. The van der Waals surface area contributed by atoms with E-state index in [9.17, 15) is 13.2 Å². The van der Waals surface area contributed by atoms with Crippen LogP contribution < -0.4 is 5.32 Å². The predicted octanol–water partition coefficient (Wildman–Crippen LogP) is 6.53. The number of halogens is 3. The highest BCUT2D eigenvalue weighted by Crippen LogP contribution is 2.42. The fourth-order valence-electron chi connectivity index (χ4n) is 4.15. The van der Waals surface area contributed by atoms with Gasteiger partial charge in [-0.2, -0.15) is 5.10 Å². The van der Waals surface area contributed by atoms with Gasteiger partial charge in [0.2, 0.25) is 5.92 Å². The van der Waals surface area contributed by atoms with E-state index in [0.29, 0.717) is 24.1 Å². The second-order valence-electron chi connectivity index (χ2n) is 7.87. The topological polar surface area (TPSA) is 45.6 Å². The molecular formula is C23H21F3N4. The highest BCUT2D eigenvalue weighted by atomic mass is 19.3. The van der Waals surface area contributed by atoms with Crippen molar-refractivity contribution in [3.05, 3.63) is 72.3 Å². The molecule has 154 valence electrons. The molecule has 1 aliphatic carbocycles. The molecule has 0 atom stereocenters. The maximum atomic E-state index is 14.7. The van der Waals surface area contributed by atoms with E-state index in [1.54, 1.807) is 23.0 Å². The lowest BCUT2D eigenvalue weighted by Gasteiger charge is -2.28. The Hall–Kier alpha value is -3.22. The number of nitrogens with one attached hydrogen (secondary N) is 2. The number of H-pyrrole nitrogens is 1. The second-order valence-corrected chi connectivity index (χ2v) is 7.87. The number of hydrogen-bond donors (Lipinski definition) is 2. The van der Waals surface area contributed by atoms with Gasteiger partial charge in [-0.1, -0.05) is 24.3 Å². The first-order valence-corrected chi connectivity index (χ1v) is 10.0. The van der Waals surface area contributed by atoms with E-state index in [1.165, 1.54) is 6.07 Å². The van der Waals surface area contributed by atoms with Crippen molar-refractivity contribution >= 4 is 22.4 Å². The van der Waals surface area contributed by atoms with Crippen LogP contribution >= 0.6 is 0 Å². The lowest BCUT2D eigenvalue weighted by atomic mass is 9.82. The first-order chi connectivity index (χ1) is 14.5. The Morgan fingerprint density at radius 3 is 2.57 bits per heavy atom. The Labute approximate surface area is 171 Å². The molecule has 1 saturated carbocycles. The van der Waals surface area contributed by atoms with Gasteiger partial charge < -0.3 is 10.3 Å². The molecule has 0 bridgehead atoms. The maximum absolute atomic E-state index is 14.7. The van der Waals surface area contributed by atoms with Gasteiger partial charge in [0, 0.05) is 24.7 Å². The molecule has 30 heavy (non-hydrogen) atoms. The number of para-hydroxylation sites is 1.